The lowest BCUT2D eigenvalue weighted by atomic mass is 9.87. The van der Waals surface area contributed by atoms with Gasteiger partial charge >= 0.3 is 0 Å². The van der Waals surface area contributed by atoms with Crippen LogP contribution >= 0.6 is 0 Å². The summed E-state index contributed by atoms with van der Waals surface area (Å²) in [4.78, 5) is 0. The van der Waals surface area contributed by atoms with Gasteiger partial charge < -0.3 is 0 Å². The normalized spacial score (nSPS) is 20.0. The summed E-state index contributed by atoms with van der Waals surface area (Å²) in [5, 5.41) is 0. The van der Waals surface area contributed by atoms with Crippen molar-refractivity contribution in [1.82, 2.24) is 0 Å². The maximum Gasteiger partial charge on any atom is -0.0323 e. The first-order chi connectivity index (χ1) is 5.70. The molecule has 0 aromatic heterocycles. The molecular weight excluding hydrogens is 144 g/mol. The molecule has 0 aromatic rings. The molecule has 72 valence electrons. The first-order valence-corrected chi connectivity index (χ1v) is 5.70. The molecule has 0 unspecified atom stereocenters. The highest BCUT2D eigenvalue weighted by molar-refractivity contribution is 4.90. The van der Waals surface area contributed by atoms with E-state index in [1.807, 2.05) is 0 Å². The average Bonchev–Trinajstić information content (AvgIpc) is 2.69. The predicted octanol–water partition coefficient (Wildman–Crippen LogP) is 4.39. The van der Waals surface area contributed by atoms with E-state index in [-0.39, 0.29) is 0 Å². The van der Waals surface area contributed by atoms with Crippen LogP contribution < -0.4 is 0 Å². The average molecular weight is 168 g/mol. The van der Waals surface area contributed by atoms with Gasteiger partial charge in [-0.05, 0) is 30.6 Å². The van der Waals surface area contributed by atoms with Crippen LogP contribution in [-0.2, 0) is 0 Å². The third-order valence-electron chi connectivity index (χ3n) is 3.28. The van der Waals surface area contributed by atoms with Crippen LogP contribution in [-0.4, -0.2) is 0 Å². The molecule has 0 nitrogen and oxygen atoms in total. The molecule has 0 heterocycles. The molecular formula is C12H24. The van der Waals surface area contributed by atoms with E-state index in [1.165, 1.54) is 44.9 Å². The fraction of sp³-hybridized carbons (Fsp3) is 1.00. The van der Waals surface area contributed by atoms with Crippen LogP contribution in [0.15, 0.2) is 0 Å². The van der Waals surface area contributed by atoms with Crippen molar-refractivity contribution >= 4 is 0 Å². The Kier molecular flexibility index (Phi) is 3.61. The summed E-state index contributed by atoms with van der Waals surface area (Å²) in [6, 6.07) is 0. The SMILES string of the molecule is CCCC(CCC)CC1(C)CC1. The Bertz CT molecular complexity index is 116. The molecule has 0 bridgehead atoms. The zero-order valence-corrected chi connectivity index (χ0v) is 9.03. The summed E-state index contributed by atoms with van der Waals surface area (Å²) in [7, 11) is 0. The van der Waals surface area contributed by atoms with E-state index < -0.39 is 0 Å². The number of hydrogen-bond donors (Lipinski definition) is 0. The van der Waals surface area contributed by atoms with Gasteiger partial charge in [-0.3, -0.25) is 0 Å². The van der Waals surface area contributed by atoms with E-state index in [0.717, 1.165) is 11.3 Å². The zero-order chi connectivity index (χ0) is 9.03. The number of hydrogen-bond acceptors (Lipinski definition) is 0. The summed E-state index contributed by atoms with van der Waals surface area (Å²) in [5.74, 6) is 1.03. The zero-order valence-electron chi connectivity index (χ0n) is 9.03. The van der Waals surface area contributed by atoms with Gasteiger partial charge in [-0.25, -0.2) is 0 Å². The van der Waals surface area contributed by atoms with E-state index in [2.05, 4.69) is 20.8 Å². The van der Waals surface area contributed by atoms with Crippen LogP contribution in [0.3, 0.4) is 0 Å². The van der Waals surface area contributed by atoms with Crippen molar-refractivity contribution in [2.24, 2.45) is 11.3 Å². The largest absolute Gasteiger partial charge is 0.0654 e. The van der Waals surface area contributed by atoms with Gasteiger partial charge in [0.25, 0.3) is 0 Å². The van der Waals surface area contributed by atoms with Crippen molar-refractivity contribution in [2.75, 3.05) is 0 Å². The molecule has 1 fully saturated rings. The molecule has 0 amide bonds. The highest BCUT2D eigenvalue weighted by atomic mass is 14.4. The summed E-state index contributed by atoms with van der Waals surface area (Å²) >= 11 is 0. The predicted molar refractivity (Wildman–Crippen MR) is 55.3 cm³/mol. The molecule has 0 atom stereocenters. The lowest BCUT2D eigenvalue weighted by Crippen LogP contribution is -2.06. The highest BCUT2D eigenvalue weighted by Crippen LogP contribution is 2.51. The lowest BCUT2D eigenvalue weighted by molar-refractivity contribution is 0.332. The molecule has 0 saturated heterocycles. The van der Waals surface area contributed by atoms with Crippen molar-refractivity contribution in [3.8, 4) is 0 Å². The van der Waals surface area contributed by atoms with Crippen molar-refractivity contribution in [2.45, 2.75) is 65.7 Å². The Hall–Kier alpha value is 0. The smallest absolute Gasteiger partial charge is 0.0323 e. The van der Waals surface area contributed by atoms with Gasteiger partial charge in [-0.1, -0.05) is 46.5 Å². The Morgan fingerprint density at radius 3 is 1.92 bits per heavy atom. The Balaban J connectivity index is 2.22. The van der Waals surface area contributed by atoms with Gasteiger partial charge in [-0.15, -0.1) is 0 Å². The van der Waals surface area contributed by atoms with Crippen LogP contribution in [0.4, 0.5) is 0 Å². The second kappa shape index (κ2) is 4.30. The topological polar surface area (TPSA) is 0 Å². The molecule has 0 aliphatic heterocycles. The van der Waals surface area contributed by atoms with Gasteiger partial charge in [0, 0.05) is 0 Å². The third-order valence-corrected chi connectivity index (χ3v) is 3.28. The van der Waals surface area contributed by atoms with Crippen LogP contribution in [0, 0.1) is 11.3 Å². The minimum absolute atomic E-state index is 0.773. The quantitative estimate of drug-likeness (QED) is 0.551. The molecule has 1 aliphatic carbocycles. The highest BCUT2D eigenvalue weighted by Gasteiger charge is 2.38. The molecule has 0 radical (unpaired) electrons. The molecule has 0 N–H and O–H groups in total. The molecule has 1 saturated carbocycles. The Morgan fingerprint density at radius 1 is 1.08 bits per heavy atom. The van der Waals surface area contributed by atoms with E-state index in [9.17, 15) is 0 Å². The third kappa shape index (κ3) is 3.16. The van der Waals surface area contributed by atoms with Gasteiger partial charge in [-0.2, -0.15) is 0 Å². The standard InChI is InChI=1S/C12H24/c1-4-6-11(7-5-2)10-12(3)8-9-12/h11H,4-10H2,1-3H3. The van der Waals surface area contributed by atoms with Gasteiger partial charge in [0.15, 0.2) is 0 Å². The maximum atomic E-state index is 2.46. The Labute approximate surface area is 77.7 Å². The van der Waals surface area contributed by atoms with Gasteiger partial charge in [0.05, 0.1) is 0 Å². The summed E-state index contributed by atoms with van der Waals surface area (Å²) in [6.45, 7) is 7.10. The fourth-order valence-corrected chi connectivity index (χ4v) is 2.28. The monoisotopic (exact) mass is 168 g/mol. The van der Waals surface area contributed by atoms with Crippen molar-refractivity contribution in [1.29, 1.82) is 0 Å². The second-order valence-electron chi connectivity index (χ2n) is 4.96. The van der Waals surface area contributed by atoms with Gasteiger partial charge in [0.1, 0.15) is 0 Å². The second-order valence-corrected chi connectivity index (χ2v) is 4.96. The van der Waals surface area contributed by atoms with Crippen molar-refractivity contribution in [3.63, 3.8) is 0 Å². The summed E-state index contributed by atoms with van der Waals surface area (Å²) < 4.78 is 0. The van der Waals surface area contributed by atoms with Crippen LogP contribution in [0.1, 0.15) is 65.7 Å². The Morgan fingerprint density at radius 2 is 1.58 bits per heavy atom. The summed E-state index contributed by atoms with van der Waals surface area (Å²) in [6.07, 6.45) is 10.2. The van der Waals surface area contributed by atoms with E-state index in [1.54, 1.807) is 0 Å². The minimum atomic E-state index is 0.773. The number of rotatable bonds is 6. The van der Waals surface area contributed by atoms with Crippen LogP contribution in [0.25, 0.3) is 0 Å². The lowest BCUT2D eigenvalue weighted by Gasteiger charge is -2.19. The molecule has 0 aromatic carbocycles. The molecule has 12 heavy (non-hydrogen) atoms. The van der Waals surface area contributed by atoms with E-state index in [4.69, 9.17) is 0 Å². The van der Waals surface area contributed by atoms with Crippen molar-refractivity contribution < 1.29 is 0 Å². The van der Waals surface area contributed by atoms with Crippen LogP contribution in [0.5, 0.6) is 0 Å². The molecule has 0 heteroatoms. The first-order valence-electron chi connectivity index (χ1n) is 5.70. The maximum absolute atomic E-state index is 2.46. The molecule has 1 aliphatic rings. The van der Waals surface area contributed by atoms with Crippen LogP contribution in [0.2, 0.25) is 0 Å². The molecule has 1 rings (SSSR count). The fourth-order valence-electron chi connectivity index (χ4n) is 2.28. The summed E-state index contributed by atoms with van der Waals surface area (Å²) in [5.41, 5.74) is 0.773. The molecule has 0 spiro atoms. The van der Waals surface area contributed by atoms with E-state index >= 15 is 0 Å². The van der Waals surface area contributed by atoms with Crippen molar-refractivity contribution in [3.05, 3.63) is 0 Å². The van der Waals surface area contributed by atoms with E-state index in [0.29, 0.717) is 0 Å². The first kappa shape index (κ1) is 10.1. The van der Waals surface area contributed by atoms with Gasteiger partial charge in [0.2, 0.25) is 0 Å². The minimum Gasteiger partial charge on any atom is -0.0654 e.